The molecule has 4 nitrogen and oxygen atoms in total. The first-order valence-corrected chi connectivity index (χ1v) is 7.77. The molecule has 0 bridgehead atoms. The minimum atomic E-state index is 0.294. The number of carbonyl (C=O) groups is 1. The van der Waals surface area contributed by atoms with Crippen molar-refractivity contribution >= 4 is 5.91 Å². The predicted octanol–water partition coefficient (Wildman–Crippen LogP) is 1.32. The van der Waals surface area contributed by atoms with E-state index in [0.717, 1.165) is 31.8 Å². The van der Waals surface area contributed by atoms with E-state index in [1.165, 1.54) is 19.4 Å². The molecule has 0 aromatic rings. The molecule has 1 aliphatic heterocycles. The molecule has 4 heteroatoms. The summed E-state index contributed by atoms with van der Waals surface area (Å²) in [4.78, 5) is 16.5. The fourth-order valence-electron chi connectivity index (χ4n) is 2.61. The van der Waals surface area contributed by atoms with Gasteiger partial charge in [0.1, 0.15) is 0 Å². The van der Waals surface area contributed by atoms with E-state index in [1.807, 2.05) is 4.90 Å². The van der Waals surface area contributed by atoms with Gasteiger partial charge in [0.25, 0.3) is 0 Å². The monoisotopic (exact) mass is 267 g/mol. The Kier molecular flexibility index (Phi) is 5.22. The lowest BCUT2D eigenvalue weighted by molar-refractivity contribution is -0.131. The van der Waals surface area contributed by atoms with E-state index in [1.54, 1.807) is 0 Å². The Labute approximate surface area is 117 Å². The Morgan fingerprint density at radius 2 is 1.89 bits per heavy atom. The van der Waals surface area contributed by atoms with Crippen molar-refractivity contribution in [2.75, 3.05) is 33.2 Å². The summed E-state index contributed by atoms with van der Waals surface area (Å²) < 4.78 is 0. The van der Waals surface area contributed by atoms with Gasteiger partial charge in [-0.1, -0.05) is 0 Å². The van der Waals surface area contributed by atoms with E-state index < -0.39 is 0 Å². The molecule has 0 spiro atoms. The zero-order valence-electron chi connectivity index (χ0n) is 12.7. The quantitative estimate of drug-likeness (QED) is 0.788. The van der Waals surface area contributed by atoms with Crippen LogP contribution in [0.15, 0.2) is 0 Å². The molecule has 1 saturated heterocycles. The highest BCUT2D eigenvalue weighted by molar-refractivity contribution is 5.78. The predicted molar refractivity (Wildman–Crippen MR) is 78.1 cm³/mol. The highest BCUT2D eigenvalue weighted by Gasteiger charge is 2.26. The van der Waals surface area contributed by atoms with Crippen molar-refractivity contribution in [3.05, 3.63) is 0 Å². The first-order valence-electron chi connectivity index (χ1n) is 7.77. The van der Waals surface area contributed by atoms with Crippen molar-refractivity contribution in [3.63, 3.8) is 0 Å². The summed E-state index contributed by atoms with van der Waals surface area (Å²) in [5.41, 5.74) is 0. The molecule has 110 valence electrons. The number of rotatable bonds is 6. The molecule has 0 unspecified atom stereocenters. The molecule has 1 aliphatic carbocycles. The fourth-order valence-corrected chi connectivity index (χ4v) is 2.61. The van der Waals surface area contributed by atoms with E-state index in [2.05, 4.69) is 31.1 Å². The first kappa shape index (κ1) is 14.8. The van der Waals surface area contributed by atoms with E-state index in [0.29, 0.717) is 24.5 Å². The van der Waals surface area contributed by atoms with Gasteiger partial charge in [0.2, 0.25) is 5.91 Å². The summed E-state index contributed by atoms with van der Waals surface area (Å²) in [5, 5.41) is 3.31. The summed E-state index contributed by atoms with van der Waals surface area (Å²) >= 11 is 0. The summed E-state index contributed by atoms with van der Waals surface area (Å²) in [5.74, 6) is 1.05. The number of hydrogen-bond donors (Lipinski definition) is 1. The van der Waals surface area contributed by atoms with Gasteiger partial charge in [-0.3, -0.25) is 4.79 Å². The molecule has 1 saturated carbocycles. The van der Waals surface area contributed by atoms with Gasteiger partial charge in [-0.2, -0.15) is 0 Å². The molecule has 2 rings (SSSR count). The third-order valence-corrected chi connectivity index (χ3v) is 4.51. The van der Waals surface area contributed by atoms with E-state index in [-0.39, 0.29) is 0 Å². The van der Waals surface area contributed by atoms with Crippen LogP contribution in [0.1, 0.15) is 39.5 Å². The maximum Gasteiger partial charge on any atom is 0.236 e. The minimum absolute atomic E-state index is 0.294. The Balaban J connectivity index is 1.64. The van der Waals surface area contributed by atoms with Gasteiger partial charge in [-0.05, 0) is 52.5 Å². The third-order valence-electron chi connectivity index (χ3n) is 4.51. The number of hydrogen-bond acceptors (Lipinski definition) is 3. The zero-order valence-corrected chi connectivity index (χ0v) is 12.7. The Hall–Kier alpha value is -0.610. The van der Waals surface area contributed by atoms with Crippen LogP contribution in [0, 0.1) is 5.92 Å². The highest BCUT2D eigenvalue weighted by atomic mass is 16.2. The van der Waals surface area contributed by atoms with E-state index >= 15 is 0 Å². The van der Waals surface area contributed by atoms with Crippen LogP contribution in [-0.2, 0) is 4.79 Å². The number of likely N-dealkylation sites (tertiary alicyclic amines) is 1. The molecule has 19 heavy (non-hydrogen) atoms. The third kappa shape index (κ3) is 4.77. The lowest BCUT2D eigenvalue weighted by atomic mass is 9.96. The van der Waals surface area contributed by atoms with Crippen LogP contribution in [0.4, 0.5) is 0 Å². The molecular formula is C15H29N3O. The van der Waals surface area contributed by atoms with Crippen molar-refractivity contribution < 1.29 is 4.79 Å². The van der Waals surface area contributed by atoms with Crippen LogP contribution >= 0.6 is 0 Å². The highest BCUT2D eigenvalue weighted by Crippen LogP contribution is 2.20. The maximum atomic E-state index is 12.0. The van der Waals surface area contributed by atoms with Gasteiger partial charge in [0, 0.05) is 31.7 Å². The van der Waals surface area contributed by atoms with Crippen LogP contribution in [-0.4, -0.2) is 61.0 Å². The number of carbonyl (C=O) groups excluding carboxylic acids is 1. The molecule has 0 aromatic carbocycles. The summed E-state index contributed by atoms with van der Waals surface area (Å²) in [6.07, 6.45) is 4.81. The second-order valence-electron chi connectivity index (χ2n) is 6.51. The van der Waals surface area contributed by atoms with E-state index in [9.17, 15) is 4.79 Å². The Bertz CT molecular complexity index is 294. The molecule has 1 amide bonds. The van der Waals surface area contributed by atoms with Crippen molar-refractivity contribution in [2.45, 2.75) is 51.6 Å². The SMILES string of the molecule is CC(C)N(C)CC1CCN(C(=O)CNC2CC2)CC1. The number of piperidine rings is 1. The molecule has 0 aromatic heterocycles. The van der Waals surface area contributed by atoms with Gasteiger partial charge >= 0.3 is 0 Å². The average Bonchev–Trinajstić information content (AvgIpc) is 3.20. The van der Waals surface area contributed by atoms with Gasteiger partial charge < -0.3 is 15.1 Å². The number of nitrogens with zero attached hydrogens (tertiary/aromatic N) is 2. The first-order chi connectivity index (χ1) is 9.06. The normalized spacial score (nSPS) is 21.4. The lowest BCUT2D eigenvalue weighted by Crippen LogP contribution is -2.45. The molecule has 1 heterocycles. The van der Waals surface area contributed by atoms with Crippen LogP contribution in [0.5, 0.6) is 0 Å². The molecule has 2 aliphatic rings. The van der Waals surface area contributed by atoms with Crippen molar-refractivity contribution in [3.8, 4) is 0 Å². The van der Waals surface area contributed by atoms with Crippen molar-refractivity contribution in [1.82, 2.24) is 15.1 Å². The van der Waals surface area contributed by atoms with Crippen LogP contribution in [0.25, 0.3) is 0 Å². The summed E-state index contributed by atoms with van der Waals surface area (Å²) in [7, 11) is 2.20. The second kappa shape index (κ2) is 6.71. The standard InChI is InChI=1S/C15H29N3O/c1-12(2)17(3)11-13-6-8-18(9-7-13)15(19)10-16-14-4-5-14/h12-14,16H,4-11H2,1-3H3. The maximum absolute atomic E-state index is 12.0. The fraction of sp³-hybridized carbons (Fsp3) is 0.933. The molecule has 0 radical (unpaired) electrons. The van der Waals surface area contributed by atoms with E-state index in [4.69, 9.17) is 0 Å². The average molecular weight is 267 g/mol. The smallest absolute Gasteiger partial charge is 0.236 e. The zero-order chi connectivity index (χ0) is 13.8. The van der Waals surface area contributed by atoms with Crippen molar-refractivity contribution in [1.29, 1.82) is 0 Å². The van der Waals surface area contributed by atoms with Crippen LogP contribution < -0.4 is 5.32 Å². The molecule has 0 atom stereocenters. The minimum Gasteiger partial charge on any atom is -0.342 e. The van der Waals surface area contributed by atoms with Gasteiger partial charge in [-0.15, -0.1) is 0 Å². The lowest BCUT2D eigenvalue weighted by Gasteiger charge is -2.35. The topological polar surface area (TPSA) is 35.6 Å². The molecule has 1 N–H and O–H groups in total. The molecular weight excluding hydrogens is 238 g/mol. The Morgan fingerprint density at radius 1 is 1.26 bits per heavy atom. The Morgan fingerprint density at radius 3 is 2.42 bits per heavy atom. The van der Waals surface area contributed by atoms with Gasteiger partial charge in [-0.25, -0.2) is 0 Å². The van der Waals surface area contributed by atoms with Crippen LogP contribution in [0.2, 0.25) is 0 Å². The largest absolute Gasteiger partial charge is 0.342 e. The van der Waals surface area contributed by atoms with Crippen molar-refractivity contribution in [2.24, 2.45) is 5.92 Å². The summed E-state index contributed by atoms with van der Waals surface area (Å²) in [6.45, 7) is 8.08. The number of amides is 1. The summed E-state index contributed by atoms with van der Waals surface area (Å²) in [6, 6.07) is 1.24. The van der Waals surface area contributed by atoms with Gasteiger partial charge in [0.05, 0.1) is 6.54 Å². The van der Waals surface area contributed by atoms with Crippen LogP contribution in [0.3, 0.4) is 0 Å². The van der Waals surface area contributed by atoms with Gasteiger partial charge in [0.15, 0.2) is 0 Å². The second-order valence-corrected chi connectivity index (χ2v) is 6.51. The molecule has 2 fully saturated rings. The number of nitrogens with one attached hydrogen (secondary N) is 1.